The first kappa shape index (κ1) is 12.8. The van der Waals surface area contributed by atoms with E-state index < -0.39 is 12.0 Å². The van der Waals surface area contributed by atoms with E-state index in [0.29, 0.717) is 11.7 Å². The van der Waals surface area contributed by atoms with E-state index in [4.69, 9.17) is 10.8 Å². The van der Waals surface area contributed by atoms with E-state index in [1.54, 1.807) is 0 Å². The van der Waals surface area contributed by atoms with Crippen LogP contribution in [0.1, 0.15) is 39.0 Å². The van der Waals surface area contributed by atoms with Crippen LogP contribution in [-0.4, -0.2) is 22.4 Å². The van der Waals surface area contributed by atoms with Crippen molar-refractivity contribution in [2.45, 2.75) is 50.3 Å². The number of hydrogen-bond acceptors (Lipinski definition) is 3. The molecule has 3 nitrogen and oxygen atoms in total. The molecule has 2 atom stereocenters. The van der Waals surface area contributed by atoms with Gasteiger partial charge in [0, 0.05) is 5.25 Å². The molecule has 0 fully saturated rings. The zero-order valence-electron chi connectivity index (χ0n) is 8.07. The normalized spacial score (nSPS) is 15.3. The third-order valence-electron chi connectivity index (χ3n) is 1.99. The summed E-state index contributed by atoms with van der Waals surface area (Å²) in [4.78, 5) is 10.4. The van der Waals surface area contributed by atoms with Crippen molar-refractivity contribution in [3.05, 3.63) is 0 Å². The fourth-order valence-electron chi connectivity index (χ4n) is 1.17. The number of carbonyl (C=O) groups is 1. The highest BCUT2D eigenvalue weighted by Gasteiger charge is 2.11. The van der Waals surface area contributed by atoms with E-state index >= 15 is 0 Å². The van der Waals surface area contributed by atoms with Gasteiger partial charge < -0.3 is 10.8 Å². The van der Waals surface area contributed by atoms with E-state index in [0.717, 1.165) is 25.7 Å². The van der Waals surface area contributed by atoms with Crippen LogP contribution < -0.4 is 5.73 Å². The van der Waals surface area contributed by atoms with Crippen molar-refractivity contribution in [3.8, 4) is 0 Å². The standard InChI is InChI=1S/C9H19NO2S/c1-2-4-7(13)5-3-6-8(10)9(11)12/h7-8,13H,2-6,10H2,1H3,(H,11,12). The summed E-state index contributed by atoms with van der Waals surface area (Å²) in [6, 6.07) is -0.706. The predicted molar refractivity (Wildman–Crippen MR) is 57.1 cm³/mol. The molecular formula is C9H19NO2S. The summed E-state index contributed by atoms with van der Waals surface area (Å²) in [5, 5.41) is 8.90. The number of aliphatic carboxylic acids is 1. The molecule has 0 aromatic rings. The molecule has 78 valence electrons. The van der Waals surface area contributed by atoms with Crippen LogP contribution >= 0.6 is 12.6 Å². The third-order valence-corrected chi connectivity index (χ3v) is 2.51. The molecule has 0 aromatic heterocycles. The van der Waals surface area contributed by atoms with Crippen LogP contribution in [0, 0.1) is 0 Å². The first-order valence-corrected chi connectivity index (χ1v) is 5.26. The summed E-state index contributed by atoms with van der Waals surface area (Å²) in [5.74, 6) is -0.911. The minimum absolute atomic E-state index is 0.394. The molecule has 13 heavy (non-hydrogen) atoms. The summed E-state index contributed by atoms with van der Waals surface area (Å²) in [6.07, 6.45) is 4.57. The van der Waals surface area contributed by atoms with Crippen LogP contribution in [0.15, 0.2) is 0 Å². The van der Waals surface area contributed by atoms with Crippen molar-refractivity contribution >= 4 is 18.6 Å². The zero-order chi connectivity index (χ0) is 10.3. The molecule has 2 unspecified atom stereocenters. The first-order chi connectivity index (χ1) is 6.07. The summed E-state index contributed by atoms with van der Waals surface area (Å²) in [7, 11) is 0. The van der Waals surface area contributed by atoms with Gasteiger partial charge in [0.05, 0.1) is 0 Å². The lowest BCUT2D eigenvalue weighted by Crippen LogP contribution is -2.29. The van der Waals surface area contributed by atoms with Crippen LogP contribution in [0.25, 0.3) is 0 Å². The largest absolute Gasteiger partial charge is 0.480 e. The topological polar surface area (TPSA) is 63.3 Å². The molecule has 0 aromatic carbocycles. The van der Waals surface area contributed by atoms with Gasteiger partial charge in [-0.15, -0.1) is 0 Å². The Morgan fingerprint density at radius 3 is 2.54 bits per heavy atom. The number of hydrogen-bond donors (Lipinski definition) is 3. The number of carboxylic acid groups (broad SMARTS) is 1. The molecule has 0 aliphatic rings. The Morgan fingerprint density at radius 2 is 2.08 bits per heavy atom. The van der Waals surface area contributed by atoms with Crippen LogP contribution in [0.4, 0.5) is 0 Å². The Hall–Kier alpha value is -0.220. The molecule has 0 heterocycles. The number of carboxylic acids is 1. The highest BCUT2D eigenvalue weighted by molar-refractivity contribution is 7.80. The van der Waals surface area contributed by atoms with Gasteiger partial charge in [-0.2, -0.15) is 12.6 Å². The maximum Gasteiger partial charge on any atom is 0.320 e. The summed E-state index contributed by atoms with van der Waals surface area (Å²) < 4.78 is 0. The number of nitrogens with two attached hydrogens (primary N) is 1. The molecule has 0 aliphatic carbocycles. The monoisotopic (exact) mass is 205 g/mol. The molecule has 3 N–H and O–H groups in total. The third kappa shape index (κ3) is 6.90. The molecule has 0 amide bonds. The molecule has 0 saturated heterocycles. The van der Waals surface area contributed by atoms with Crippen LogP contribution in [-0.2, 0) is 4.79 Å². The van der Waals surface area contributed by atoms with Gasteiger partial charge in [-0.1, -0.05) is 19.8 Å². The Morgan fingerprint density at radius 1 is 1.46 bits per heavy atom. The van der Waals surface area contributed by atoms with Gasteiger partial charge in [-0.05, 0) is 19.3 Å². The molecule has 0 rings (SSSR count). The molecule has 0 saturated carbocycles. The smallest absolute Gasteiger partial charge is 0.320 e. The maximum absolute atomic E-state index is 10.4. The number of thiol groups is 1. The molecule has 0 radical (unpaired) electrons. The highest BCUT2D eigenvalue weighted by Crippen LogP contribution is 2.13. The average molecular weight is 205 g/mol. The molecule has 4 heteroatoms. The van der Waals surface area contributed by atoms with Gasteiger partial charge in [0.15, 0.2) is 0 Å². The predicted octanol–water partition coefficient (Wildman–Crippen LogP) is 1.67. The van der Waals surface area contributed by atoms with Crippen LogP contribution in [0.3, 0.4) is 0 Å². The Balaban J connectivity index is 3.39. The summed E-state index contributed by atoms with van der Waals surface area (Å²) in [6.45, 7) is 2.12. The number of rotatable bonds is 7. The lowest BCUT2D eigenvalue weighted by Gasteiger charge is -2.10. The first-order valence-electron chi connectivity index (χ1n) is 4.74. The lowest BCUT2D eigenvalue weighted by molar-refractivity contribution is -0.138. The van der Waals surface area contributed by atoms with Crippen molar-refractivity contribution in [2.24, 2.45) is 5.73 Å². The van der Waals surface area contributed by atoms with E-state index in [9.17, 15) is 4.79 Å². The van der Waals surface area contributed by atoms with Crippen LogP contribution in [0.5, 0.6) is 0 Å². The molecular weight excluding hydrogens is 186 g/mol. The quantitative estimate of drug-likeness (QED) is 0.554. The van der Waals surface area contributed by atoms with Gasteiger partial charge in [0.25, 0.3) is 0 Å². The fourth-order valence-corrected chi connectivity index (χ4v) is 1.62. The molecule has 0 bridgehead atoms. The van der Waals surface area contributed by atoms with Gasteiger partial charge in [-0.25, -0.2) is 0 Å². The zero-order valence-corrected chi connectivity index (χ0v) is 8.96. The second-order valence-electron chi connectivity index (χ2n) is 3.32. The summed E-state index contributed by atoms with van der Waals surface area (Å²) in [5.41, 5.74) is 5.35. The van der Waals surface area contributed by atoms with Crippen LogP contribution in [0.2, 0.25) is 0 Å². The van der Waals surface area contributed by atoms with Crippen molar-refractivity contribution in [1.29, 1.82) is 0 Å². The van der Waals surface area contributed by atoms with E-state index in [1.165, 1.54) is 0 Å². The second-order valence-corrected chi connectivity index (χ2v) is 4.05. The van der Waals surface area contributed by atoms with Gasteiger partial charge in [0.2, 0.25) is 0 Å². The van der Waals surface area contributed by atoms with Crippen molar-refractivity contribution < 1.29 is 9.90 Å². The SMILES string of the molecule is CCCC(S)CCCC(N)C(=O)O. The van der Waals surface area contributed by atoms with E-state index in [1.807, 2.05) is 0 Å². The van der Waals surface area contributed by atoms with Crippen molar-refractivity contribution in [1.82, 2.24) is 0 Å². The highest BCUT2D eigenvalue weighted by atomic mass is 32.1. The maximum atomic E-state index is 10.4. The van der Waals surface area contributed by atoms with Crippen molar-refractivity contribution in [3.63, 3.8) is 0 Å². The fraction of sp³-hybridized carbons (Fsp3) is 0.889. The van der Waals surface area contributed by atoms with E-state index in [-0.39, 0.29) is 0 Å². The average Bonchev–Trinajstić information content (AvgIpc) is 2.04. The van der Waals surface area contributed by atoms with E-state index in [2.05, 4.69) is 19.6 Å². The lowest BCUT2D eigenvalue weighted by atomic mass is 10.1. The van der Waals surface area contributed by atoms with Gasteiger partial charge >= 0.3 is 5.97 Å². The van der Waals surface area contributed by atoms with Gasteiger partial charge in [-0.3, -0.25) is 4.79 Å². The minimum Gasteiger partial charge on any atom is -0.480 e. The molecule has 0 spiro atoms. The Labute approximate surface area is 85.1 Å². The van der Waals surface area contributed by atoms with Crippen molar-refractivity contribution in [2.75, 3.05) is 0 Å². The van der Waals surface area contributed by atoms with Gasteiger partial charge in [0.1, 0.15) is 6.04 Å². The molecule has 0 aliphatic heterocycles. The summed E-state index contributed by atoms with van der Waals surface area (Å²) >= 11 is 4.38. The Bertz CT molecular complexity index is 153. The minimum atomic E-state index is -0.911. The Kier molecular flexibility index (Phi) is 7.09. The second kappa shape index (κ2) is 7.21.